The number of halogens is 1. The van der Waals surface area contributed by atoms with E-state index in [2.05, 4.69) is 27.3 Å². The number of piperidine rings is 1. The summed E-state index contributed by atoms with van der Waals surface area (Å²) in [7, 11) is 0. The van der Waals surface area contributed by atoms with Crippen LogP contribution in [0.5, 0.6) is 0 Å². The van der Waals surface area contributed by atoms with Crippen molar-refractivity contribution in [2.45, 2.75) is 19.8 Å². The summed E-state index contributed by atoms with van der Waals surface area (Å²) < 4.78 is 13.6. The Morgan fingerprint density at radius 1 is 1.26 bits per heavy atom. The minimum Gasteiger partial charge on any atom is -0.355 e. The minimum absolute atomic E-state index is 0.133. The Bertz CT molecular complexity index is 689. The highest BCUT2D eigenvalue weighted by molar-refractivity contribution is 6.02. The Labute approximate surface area is 134 Å². The lowest BCUT2D eigenvalue weighted by Crippen LogP contribution is -2.35. The van der Waals surface area contributed by atoms with Crippen LogP contribution < -0.4 is 10.2 Å². The van der Waals surface area contributed by atoms with Gasteiger partial charge in [0.05, 0.1) is 5.69 Å². The zero-order valence-electron chi connectivity index (χ0n) is 13.0. The van der Waals surface area contributed by atoms with Gasteiger partial charge in [-0.25, -0.2) is 4.39 Å². The molecular weight excluding hydrogens is 295 g/mol. The first-order valence-corrected chi connectivity index (χ1v) is 7.78. The maximum Gasteiger partial charge on any atom is 0.276 e. The lowest BCUT2D eigenvalue weighted by molar-refractivity contribution is 0.102. The molecule has 1 fully saturated rings. The standard InChI is InChI=1S/C17H19FN4O/c1-12-5-4-10-22(11-12)16-9-8-15(20-21-16)17(23)19-14-7-3-2-6-13(14)18/h2-3,6-9,12H,4-5,10-11H2,1H3,(H,19,23). The lowest BCUT2D eigenvalue weighted by atomic mass is 10.0. The molecule has 0 bridgehead atoms. The molecule has 1 amide bonds. The normalized spacial score (nSPS) is 17.8. The van der Waals surface area contributed by atoms with Crippen molar-refractivity contribution in [2.24, 2.45) is 5.92 Å². The molecule has 0 radical (unpaired) electrons. The maximum absolute atomic E-state index is 13.6. The number of amides is 1. The van der Waals surface area contributed by atoms with E-state index in [9.17, 15) is 9.18 Å². The summed E-state index contributed by atoms with van der Waals surface area (Å²) in [5.74, 6) is 0.461. The average Bonchev–Trinajstić information content (AvgIpc) is 2.57. The second kappa shape index (κ2) is 6.73. The van der Waals surface area contributed by atoms with Crippen molar-refractivity contribution in [3.63, 3.8) is 0 Å². The molecule has 3 rings (SSSR count). The summed E-state index contributed by atoms with van der Waals surface area (Å²) in [6.45, 7) is 4.13. The van der Waals surface area contributed by atoms with Crippen molar-refractivity contribution in [1.29, 1.82) is 0 Å². The van der Waals surface area contributed by atoms with Crippen molar-refractivity contribution < 1.29 is 9.18 Å². The van der Waals surface area contributed by atoms with E-state index in [1.54, 1.807) is 24.3 Å². The molecule has 0 spiro atoms. The van der Waals surface area contributed by atoms with Crippen LogP contribution in [0.15, 0.2) is 36.4 Å². The van der Waals surface area contributed by atoms with Gasteiger partial charge in [0.2, 0.25) is 0 Å². The summed E-state index contributed by atoms with van der Waals surface area (Å²) >= 11 is 0. The van der Waals surface area contributed by atoms with Gasteiger partial charge in [0.1, 0.15) is 5.82 Å². The van der Waals surface area contributed by atoms with Crippen molar-refractivity contribution in [3.05, 3.63) is 47.9 Å². The highest BCUT2D eigenvalue weighted by Gasteiger charge is 2.18. The predicted molar refractivity (Wildman–Crippen MR) is 87.0 cm³/mol. The third kappa shape index (κ3) is 3.64. The van der Waals surface area contributed by atoms with E-state index in [-0.39, 0.29) is 11.4 Å². The van der Waals surface area contributed by atoms with Crippen LogP contribution >= 0.6 is 0 Å². The number of rotatable bonds is 3. The van der Waals surface area contributed by atoms with Crippen LogP contribution in [0.4, 0.5) is 15.9 Å². The van der Waals surface area contributed by atoms with Crippen LogP contribution in [-0.2, 0) is 0 Å². The summed E-state index contributed by atoms with van der Waals surface area (Å²) in [5, 5.41) is 10.6. The number of aromatic nitrogens is 2. The van der Waals surface area contributed by atoms with Crippen LogP contribution in [0, 0.1) is 11.7 Å². The fraction of sp³-hybridized carbons (Fsp3) is 0.353. The number of para-hydroxylation sites is 1. The topological polar surface area (TPSA) is 58.1 Å². The van der Waals surface area contributed by atoms with Gasteiger partial charge in [-0.3, -0.25) is 4.79 Å². The summed E-state index contributed by atoms with van der Waals surface area (Å²) in [4.78, 5) is 14.3. The number of carbonyl (C=O) groups is 1. The smallest absolute Gasteiger partial charge is 0.276 e. The van der Waals surface area contributed by atoms with Gasteiger partial charge < -0.3 is 10.2 Å². The summed E-state index contributed by atoms with van der Waals surface area (Å²) in [6.07, 6.45) is 2.37. The average molecular weight is 314 g/mol. The first-order chi connectivity index (χ1) is 11.1. The summed E-state index contributed by atoms with van der Waals surface area (Å²) in [5.41, 5.74) is 0.301. The minimum atomic E-state index is -0.479. The van der Waals surface area contributed by atoms with Crippen molar-refractivity contribution in [1.82, 2.24) is 10.2 Å². The molecule has 0 saturated carbocycles. The third-order valence-corrected chi connectivity index (χ3v) is 3.99. The van der Waals surface area contributed by atoms with Gasteiger partial charge in [-0.05, 0) is 43.0 Å². The quantitative estimate of drug-likeness (QED) is 0.946. The molecule has 1 aromatic carbocycles. The number of nitrogens with zero attached hydrogens (tertiary/aromatic N) is 3. The zero-order chi connectivity index (χ0) is 16.2. The largest absolute Gasteiger partial charge is 0.355 e. The predicted octanol–water partition coefficient (Wildman–Crippen LogP) is 3.10. The molecule has 2 heterocycles. The van der Waals surface area contributed by atoms with E-state index in [1.165, 1.54) is 18.6 Å². The summed E-state index contributed by atoms with van der Waals surface area (Å²) in [6, 6.07) is 9.44. The first kappa shape index (κ1) is 15.4. The van der Waals surface area contributed by atoms with Crippen LogP contribution in [-0.4, -0.2) is 29.2 Å². The molecule has 120 valence electrons. The SMILES string of the molecule is CC1CCCN(c2ccc(C(=O)Nc3ccccc3F)nn2)C1. The second-order valence-corrected chi connectivity index (χ2v) is 5.90. The van der Waals surface area contributed by atoms with Gasteiger partial charge in [-0.2, -0.15) is 0 Å². The molecule has 1 saturated heterocycles. The molecule has 2 aromatic rings. The Morgan fingerprint density at radius 2 is 2.09 bits per heavy atom. The van der Waals surface area contributed by atoms with Gasteiger partial charge in [0, 0.05) is 13.1 Å². The first-order valence-electron chi connectivity index (χ1n) is 7.78. The van der Waals surface area contributed by atoms with Crippen LogP contribution in [0.3, 0.4) is 0 Å². The number of nitrogens with one attached hydrogen (secondary N) is 1. The van der Waals surface area contributed by atoms with E-state index in [4.69, 9.17) is 0 Å². The van der Waals surface area contributed by atoms with Crippen molar-refractivity contribution in [3.8, 4) is 0 Å². The van der Waals surface area contributed by atoms with Gasteiger partial charge in [0.25, 0.3) is 5.91 Å². The fourth-order valence-corrected chi connectivity index (χ4v) is 2.76. The van der Waals surface area contributed by atoms with Crippen LogP contribution in [0.1, 0.15) is 30.3 Å². The van der Waals surface area contributed by atoms with E-state index in [1.807, 2.05) is 0 Å². The van der Waals surface area contributed by atoms with Gasteiger partial charge in [-0.15, -0.1) is 10.2 Å². The molecule has 1 aromatic heterocycles. The lowest BCUT2D eigenvalue weighted by Gasteiger charge is -2.31. The van der Waals surface area contributed by atoms with Gasteiger partial charge in [0.15, 0.2) is 11.5 Å². The number of benzene rings is 1. The fourth-order valence-electron chi connectivity index (χ4n) is 2.76. The Balaban J connectivity index is 1.69. The molecule has 6 heteroatoms. The number of hydrogen-bond donors (Lipinski definition) is 1. The Hall–Kier alpha value is -2.50. The van der Waals surface area contributed by atoms with E-state index in [0.29, 0.717) is 5.92 Å². The zero-order valence-corrected chi connectivity index (χ0v) is 13.0. The number of carbonyl (C=O) groups excluding carboxylic acids is 1. The molecule has 5 nitrogen and oxygen atoms in total. The molecule has 1 unspecified atom stereocenters. The number of hydrogen-bond acceptors (Lipinski definition) is 4. The molecule has 1 N–H and O–H groups in total. The maximum atomic E-state index is 13.6. The third-order valence-electron chi connectivity index (χ3n) is 3.99. The van der Waals surface area contributed by atoms with E-state index < -0.39 is 11.7 Å². The second-order valence-electron chi connectivity index (χ2n) is 5.90. The Morgan fingerprint density at radius 3 is 2.78 bits per heavy atom. The molecule has 1 atom stereocenters. The van der Waals surface area contributed by atoms with E-state index in [0.717, 1.165) is 25.3 Å². The Kier molecular flexibility index (Phi) is 4.50. The van der Waals surface area contributed by atoms with Gasteiger partial charge >= 0.3 is 0 Å². The molecule has 23 heavy (non-hydrogen) atoms. The molecular formula is C17H19FN4O. The monoisotopic (exact) mass is 314 g/mol. The highest BCUT2D eigenvalue weighted by Crippen LogP contribution is 2.21. The van der Waals surface area contributed by atoms with Crippen LogP contribution in [0.25, 0.3) is 0 Å². The molecule has 1 aliphatic heterocycles. The highest BCUT2D eigenvalue weighted by atomic mass is 19.1. The van der Waals surface area contributed by atoms with Crippen molar-refractivity contribution >= 4 is 17.4 Å². The molecule has 1 aliphatic rings. The van der Waals surface area contributed by atoms with Crippen LogP contribution in [0.2, 0.25) is 0 Å². The number of anilines is 2. The van der Waals surface area contributed by atoms with E-state index >= 15 is 0 Å². The van der Waals surface area contributed by atoms with Gasteiger partial charge in [-0.1, -0.05) is 19.1 Å². The van der Waals surface area contributed by atoms with Crippen molar-refractivity contribution in [2.75, 3.05) is 23.3 Å². The molecule has 0 aliphatic carbocycles.